The number of hydrogen-bond donors (Lipinski definition) is 0. The van der Waals surface area contributed by atoms with E-state index in [1.54, 1.807) is 0 Å². The molecule has 0 radical (unpaired) electrons. The van der Waals surface area contributed by atoms with Crippen LogP contribution in [0.1, 0.15) is 35.6 Å². The fourth-order valence-corrected chi connectivity index (χ4v) is 4.27. The van der Waals surface area contributed by atoms with Crippen molar-refractivity contribution in [2.24, 2.45) is 11.0 Å². The average Bonchev–Trinajstić information content (AvgIpc) is 3.01. The Kier molecular flexibility index (Phi) is 4.58. The smallest absolute Gasteiger partial charge is 0.0804 e. The van der Waals surface area contributed by atoms with Crippen LogP contribution in [0.2, 0.25) is 0 Å². The van der Waals surface area contributed by atoms with Crippen molar-refractivity contribution in [1.29, 1.82) is 0 Å². The quantitative estimate of drug-likeness (QED) is 0.825. The Labute approximate surface area is 151 Å². The summed E-state index contributed by atoms with van der Waals surface area (Å²) in [5.41, 5.74) is 5.53. The molecule has 0 bridgehead atoms. The zero-order valence-corrected chi connectivity index (χ0v) is 15.2. The molecule has 0 saturated carbocycles. The van der Waals surface area contributed by atoms with Crippen LogP contribution in [0, 0.1) is 5.92 Å². The standard InChI is InChI=1S/C22H27N3/c1-24(2)15-8-16-25-22(18-10-4-3-5-11-18)20-14-13-17-9-6-7-12-19(17)21(20)23-25/h3-7,9-12,20,22H,8,13-16H2,1-2H3. The van der Waals surface area contributed by atoms with Crippen LogP contribution >= 0.6 is 0 Å². The maximum atomic E-state index is 5.14. The topological polar surface area (TPSA) is 18.8 Å². The molecule has 2 unspecified atom stereocenters. The Morgan fingerprint density at radius 2 is 1.80 bits per heavy atom. The van der Waals surface area contributed by atoms with Crippen molar-refractivity contribution in [3.8, 4) is 0 Å². The molecular weight excluding hydrogens is 306 g/mol. The van der Waals surface area contributed by atoms with Crippen molar-refractivity contribution in [3.63, 3.8) is 0 Å². The van der Waals surface area contributed by atoms with E-state index in [0.717, 1.165) is 25.9 Å². The number of hydrazone groups is 1. The molecule has 2 aromatic rings. The van der Waals surface area contributed by atoms with Gasteiger partial charge in [0.25, 0.3) is 0 Å². The van der Waals surface area contributed by atoms with Gasteiger partial charge in [0.15, 0.2) is 0 Å². The second kappa shape index (κ2) is 7.01. The number of rotatable bonds is 5. The predicted octanol–water partition coefficient (Wildman–Crippen LogP) is 3.96. The molecule has 2 aromatic carbocycles. The summed E-state index contributed by atoms with van der Waals surface area (Å²) in [5.74, 6) is 0.511. The highest BCUT2D eigenvalue weighted by molar-refractivity contribution is 6.05. The molecular formula is C22H27N3. The molecule has 25 heavy (non-hydrogen) atoms. The molecule has 4 rings (SSSR count). The van der Waals surface area contributed by atoms with E-state index in [9.17, 15) is 0 Å². The van der Waals surface area contributed by atoms with E-state index in [1.807, 2.05) is 0 Å². The molecule has 1 aliphatic carbocycles. The van der Waals surface area contributed by atoms with Crippen molar-refractivity contribution in [2.75, 3.05) is 27.2 Å². The monoisotopic (exact) mass is 333 g/mol. The van der Waals surface area contributed by atoms with Gasteiger partial charge in [-0.1, -0.05) is 54.6 Å². The van der Waals surface area contributed by atoms with E-state index in [2.05, 4.69) is 78.6 Å². The van der Waals surface area contributed by atoms with E-state index in [4.69, 9.17) is 5.10 Å². The summed E-state index contributed by atoms with van der Waals surface area (Å²) >= 11 is 0. The van der Waals surface area contributed by atoms with Gasteiger partial charge < -0.3 is 4.90 Å². The molecule has 0 amide bonds. The minimum absolute atomic E-state index is 0.381. The van der Waals surface area contributed by atoms with E-state index < -0.39 is 0 Å². The third-order valence-electron chi connectivity index (χ3n) is 5.44. The SMILES string of the molecule is CN(C)CCCN1N=C2c3ccccc3CCC2C1c1ccccc1. The maximum absolute atomic E-state index is 5.14. The zero-order chi connectivity index (χ0) is 17.2. The highest BCUT2D eigenvalue weighted by Gasteiger charge is 2.40. The lowest BCUT2D eigenvalue weighted by atomic mass is 9.77. The van der Waals surface area contributed by atoms with Crippen LogP contribution in [0.4, 0.5) is 0 Å². The van der Waals surface area contributed by atoms with Gasteiger partial charge >= 0.3 is 0 Å². The summed E-state index contributed by atoms with van der Waals surface area (Å²) in [6, 6.07) is 20.1. The van der Waals surface area contributed by atoms with Gasteiger partial charge in [0.2, 0.25) is 0 Å². The van der Waals surface area contributed by atoms with Gasteiger partial charge in [-0.05, 0) is 51.0 Å². The first-order chi connectivity index (χ1) is 12.2. The molecule has 1 heterocycles. The van der Waals surface area contributed by atoms with Crippen molar-refractivity contribution in [2.45, 2.75) is 25.3 Å². The molecule has 0 N–H and O–H groups in total. The Balaban J connectivity index is 1.66. The van der Waals surface area contributed by atoms with Crippen molar-refractivity contribution in [3.05, 3.63) is 71.3 Å². The van der Waals surface area contributed by atoms with E-state index in [0.29, 0.717) is 12.0 Å². The van der Waals surface area contributed by atoms with Gasteiger partial charge in [0.05, 0.1) is 11.8 Å². The molecule has 3 nitrogen and oxygen atoms in total. The van der Waals surface area contributed by atoms with Gasteiger partial charge in [-0.2, -0.15) is 5.10 Å². The molecule has 0 fully saturated rings. The Bertz CT molecular complexity index is 751. The first-order valence-electron chi connectivity index (χ1n) is 9.37. The average molecular weight is 333 g/mol. The van der Waals surface area contributed by atoms with Crippen LogP contribution in [0.3, 0.4) is 0 Å². The lowest BCUT2D eigenvalue weighted by Crippen LogP contribution is -2.30. The largest absolute Gasteiger partial charge is 0.309 e. The molecule has 130 valence electrons. The predicted molar refractivity (Wildman–Crippen MR) is 104 cm³/mol. The Morgan fingerprint density at radius 1 is 1.04 bits per heavy atom. The van der Waals surface area contributed by atoms with E-state index in [1.165, 1.54) is 28.8 Å². The van der Waals surface area contributed by atoms with Gasteiger partial charge in [0.1, 0.15) is 0 Å². The van der Waals surface area contributed by atoms with E-state index >= 15 is 0 Å². The summed E-state index contributed by atoms with van der Waals surface area (Å²) in [6.07, 6.45) is 3.50. The number of nitrogens with zero attached hydrogens (tertiary/aromatic N) is 3. The fraction of sp³-hybridized carbons (Fsp3) is 0.409. The normalized spacial score (nSPS) is 21.9. The molecule has 3 heteroatoms. The third kappa shape index (κ3) is 3.21. The van der Waals surface area contributed by atoms with Gasteiger partial charge in [-0.15, -0.1) is 0 Å². The van der Waals surface area contributed by atoms with Crippen LogP contribution < -0.4 is 0 Å². The number of hydrogen-bond acceptors (Lipinski definition) is 3. The van der Waals surface area contributed by atoms with Crippen LogP contribution in [-0.4, -0.2) is 42.8 Å². The summed E-state index contributed by atoms with van der Waals surface area (Å²) in [4.78, 5) is 2.25. The molecule has 0 aromatic heterocycles. The summed E-state index contributed by atoms with van der Waals surface area (Å²) in [5, 5.41) is 7.50. The van der Waals surface area contributed by atoms with Crippen LogP contribution in [0.25, 0.3) is 0 Å². The highest BCUT2D eigenvalue weighted by atomic mass is 15.5. The minimum atomic E-state index is 0.381. The number of aryl methyl sites for hydroxylation is 1. The molecule has 2 atom stereocenters. The zero-order valence-electron chi connectivity index (χ0n) is 15.2. The second-order valence-corrected chi connectivity index (χ2v) is 7.46. The lowest BCUT2D eigenvalue weighted by molar-refractivity contribution is 0.189. The van der Waals surface area contributed by atoms with Crippen molar-refractivity contribution < 1.29 is 0 Å². The fourth-order valence-electron chi connectivity index (χ4n) is 4.27. The van der Waals surface area contributed by atoms with Gasteiger partial charge in [-0.25, -0.2) is 0 Å². The number of benzene rings is 2. The molecule has 2 aliphatic rings. The Hall–Kier alpha value is -2.13. The van der Waals surface area contributed by atoms with Gasteiger partial charge in [-0.3, -0.25) is 5.01 Å². The summed E-state index contributed by atoms with van der Waals surface area (Å²) in [7, 11) is 4.28. The Morgan fingerprint density at radius 3 is 2.60 bits per heavy atom. The van der Waals surface area contributed by atoms with Crippen LogP contribution in [0.5, 0.6) is 0 Å². The van der Waals surface area contributed by atoms with Crippen molar-refractivity contribution in [1.82, 2.24) is 9.91 Å². The molecule has 0 spiro atoms. The number of fused-ring (bicyclic) bond motifs is 3. The van der Waals surface area contributed by atoms with Crippen LogP contribution in [-0.2, 0) is 6.42 Å². The second-order valence-electron chi connectivity index (χ2n) is 7.46. The van der Waals surface area contributed by atoms with Crippen molar-refractivity contribution >= 4 is 5.71 Å². The summed E-state index contributed by atoms with van der Waals surface area (Å²) in [6.45, 7) is 2.12. The van der Waals surface area contributed by atoms with E-state index in [-0.39, 0.29) is 0 Å². The molecule has 0 saturated heterocycles. The maximum Gasteiger partial charge on any atom is 0.0804 e. The minimum Gasteiger partial charge on any atom is -0.309 e. The first kappa shape index (κ1) is 16.3. The molecule has 1 aliphatic heterocycles. The first-order valence-corrected chi connectivity index (χ1v) is 9.37. The third-order valence-corrected chi connectivity index (χ3v) is 5.44. The summed E-state index contributed by atoms with van der Waals surface area (Å²) < 4.78 is 0. The highest BCUT2D eigenvalue weighted by Crippen LogP contribution is 2.43. The van der Waals surface area contributed by atoms with Crippen LogP contribution in [0.15, 0.2) is 59.7 Å². The van der Waals surface area contributed by atoms with Gasteiger partial charge in [0, 0.05) is 18.0 Å². The lowest BCUT2D eigenvalue weighted by Gasteiger charge is -2.31.